The zero-order valence-electron chi connectivity index (χ0n) is 9.41. The van der Waals surface area contributed by atoms with E-state index in [9.17, 15) is 4.39 Å². The average Bonchev–Trinajstić information content (AvgIpc) is 2.39. The highest BCUT2D eigenvalue weighted by atomic mass is 19.1. The Kier molecular flexibility index (Phi) is 3.35. The highest BCUT2D eigenvalue weighted by Gasteiger charge is 1.98. The lowest BCUT2D eigenvalue weighted by Crippen LogP contribution is -1.83. The first kappa shape index (κ1) is 10.9. The van der Waals surface area contributed by atoms with Crippen LogP contribution in [0.5, 0.6) is 0 Å². The largest absolute Gasteiger partial charge is 0.246 e. The van der Waals surface area contributed by atoms with Crippen molar-refractivity contribution in [3.8, 4) is 11.1 Å². The van der Waals surface area contributed by atoms with Crippen molar-refractivity contribution in [2.75, 3.05) is 0 Å². The predicted molar refractivity (Wildman–Crippen MR) is 66.1 cm³/mol. The summed E-state index contributed by atoms with van der Waals surface area (Å²) in [5.74, 6) is 0. The van der Waals surface area contributed by atoms with Crippen LogP contribution in [0.2, 0.25) is 0 Å². The van der Waals surface area contributed by atoms with Gasteiger partial charge in [0.05, 0.1) is 0 Å². The Morgan fingerprint density at radius 2 is 1.19 bits per heavy atom. The molecule has 2 aromatic carbocycles. The minimum Gasteiger partial charge on any atom is -0.246 e. The van der Waals surface area contributed by atoms with Crippen LogP contribution in [0, 0.1) is 0 Å². The van der Waals surface area contributed by atoms with Crippen LogP contribution in [0.1, 0.15) is 18.1 Å². The zero-order valence-corrected chi connectivity index (χ0v) is 9.41. The van der Waals surface area contributed by atoms with Crippen molar-refractivity contribution in [1.29, 1.82) is 0 Å². The third kappa shape index (κ3) is 2.30. The third-order valence-electron chi connectivity index (χ3n) is 2.80. The molecule has 0 atom stereocenters. The lowest BCUT2D eigenvalue weighted by atomic mass is 10.0. The first-order chi connectivity index (χ1) is 7.83. The Hall–Kier alpha value is -1.63. The van der Waals surface area contributed by atoms with Crippen LogP contribution in [0.25, 0.3) is 11.1 Å². The Labute approximate surface area is 95.7 Å². The van der Waals surface area contributed by atoms with Gasteiger partial charge in [-0.3, -0.25) is 0 Å². The summed E-state index contributed by atoms with van der Waals surface area (Å²) in [7, 11) is 0. The Balaban J connectivity index is 2.28. The van der Waals surface area contributed by atoms with Crippen molar-refractivity contribution >= 4 is 0 Å². The summed E-state index contributed by atoms with van der Waals surface area (Å²) in [5.41, 5.74) is 4.39. The van der Waals surface area contributed by atoms with Crippen LogP contribution >= 0.6 is 0 Å². The van der Waals surface area contributed by atoms with Gasteiger partial charge in [-0.15, -0.1) is 0 Å². The third-order valence-corrected chi connectivity index (χ3v) is 2.80. The van der Waals surface area contributed by atoms with Gasteiger partial charge in [-0.05, 0) is 28.7 Å². The van der Waals surface area contributed by atoms with Crippen LogP contribution in [0.15, 0.2) is 48.5 Å². The van der Waals surface area contributed by atoms with Gasteiger partial charge in [0.2, 0.25) is 0 Å². The summed E-state index contributed by atoms with van der Waals surface area (Å²) in [5, 5.41) is 0. The Morgan fingerprint density at radius 1 is 0.750 bits per heavy atom. The summed E-state index contributed by atoms with van der Waals surface area (Å²) in [6, 6.07) is 16.1. The van der Waals surface area contributed by atoms with E-state index in [2.05, 4.69) is 31.2 Å². The molecule has 16 heavy (non-hydrogen) atoms. The van der Waals surface area contributed by atoms with Crippen molar-refractivity contribution < 1.29 is 4.39 Å². The van der Waals surface area contributed by atoms with E-state index in [1.807, 2.05) is 24.3 Å². The maximum Gasteiger partial charge on any atom is 0.115 e. The van der Waals surface area contributed by atoms with Gasteiger partial charge < -0.3 is 0 Å². The van der Waals surface area contributed by atoms with Crippen LogP contribution in [-0.2, 0) is 13.1 Å². The molecular weight excluding hydrogens is 199 g/mol. The van der Waals surface area contributed by atoms with E-state index in [1.165, 1.54) is 11.1 Å². The first-order valence-electron chi connectivity index (χ1n) is 5.57. The van der Waals surface area contributed by atoms with Crippen molar-refractivity contribution in [2.24, 2.45) is 0 Å². The van der Waals surface area contributed by atoms with Crippen LogP contribution < -0.4 is 0 Å². The molecule has 0 saturated carbocycles. The van der Waals surface area contributed by atoms with Crippen molar-refractivity contribution in [1.82, 2.24) is 0 Å². The second-order valence-corrected chi connectivity index (χ2v) is 3.88. The second-order valence-electron chi connectivity index (χ2n) is 3.88. The minimum absolute atomic E-state index is 0.394. The van der Waals surface area contributed by atoms with Gasteiger partial charge in [-0.2, -0.15) is 0 Å². The summed E-state index contributed by atoms with van der Waals surface area (Å²) in [6.07, 6.45) is 1.06. The SMILES string of the molecule is CCc1ccc(-c2ccc(CF)cc2)cc1. The molecule has 0 saturated heterocycles. The molecule has 1 heteroatoms. The monoisotopic (exact) mass is 214 g/mol. The molecule has 0 amide bonds. The van der Waals surface area contributed by atoms with Crippen LogP contribution in [-0.4, -0.2) is 0 Å². The maximum atomic E-state index is 12.4. The summed E-state index contributed by atoms with van der Waals surface area (Å²) in [4.78, 5) is 0. The molecule has 0 aliphatic carbocycles. The van der Waals surface area contributed by atoms with Gasteiger partial charge in [-0.1, -0.05) is 55.5 Å². The molecule has 2 rings (SSSR count). The van der Waals surface area contributed by atoms with E-state index >= 15 is 0 Å². The number of hydrogen-bond acceptors (Lipinski definition) is 0. The zero-order chi connectivity index (χ0) is 11.4. The quantitative estimate of drug-likeness (QED) is 0.711. The van der Waals surface area contributed by atoms with Crippen LogP contribution in [0.3, 0.4) is 0 Å². The van der Waals surface area contributed by atoms with Crippen molar-refractivity contribution in [3.05, 3.63) is 59.7 Å². The van der Waals surface area contributed by atoms with E-state index < -0.39 is 6.67 Å². The minimum atomic E-state index is -0.394. The molecule has 0 aromatic heterocycles. The van der Waals surface area contributed by atoms with E-state index in [0.29, 0.717) is 0 Å². The number of halogens is 1. The standard InChI is InChI=1S/C15H15F/c1-2-12-3-7-14(8-4-12)15-9-5-13(11-16)6-10-15/h3-10H,2,11H2,1H3. The van der Waals surface area contributed by atoms with Crippen LogP contribution in [0.4, 0.5) is 4.39 Å². The fraction of sp³-hybridized carbons (Fsp3) is 0.200. The van der Waals surface area contributed by atoms with Gasteiger partial charge in [0.15, 0.2) is 0 Å². The van der Waals surface area contributed by atoms with Gasteiger partial charge in [-0.25, -0.2) is 4.39 Å². The molecule has 0 nitrogen and oxygen atoms in total. The molecule has 2 aromatic rings. The molecule has 0 radical (unpaired) electrons. The average molecular weight is 214 g/mol. The van der Waals surface area contributed by atoms with Gasteiger partial charge in [0, 0.05) is 0 Å². The molecule has 0 aliphatic heterocycles. The lowest BCUT2D eigenvalue weighted by Gasteiger charge is -2.03. The van der Waals surface area contributed by atoms with Gasteiger partial charge in [0.1, 0.15) is 6.67 Å². The highest BCUT2D eigenvalue weighted by Crippen LogP contribution is 2.20. The smallest absolute Gasteiger partial charge is 0.115 e. The van der Waals surface area contributed by atoms with Crippen molar-refractivity contribution in [3.63, 3.8) is 0 Å². The normalized spacial score (nSPS) is 10.4. The molecule has 0 heterocycles. The van der Waals surface area contributed by atoms with E-state index in [1.54, 1.807) is 0 Å². The Bertz CT molecular complexity index is 394. The molecular formula is C15H15F. The van der Waals surface area contributed by atoms with E-state index in [4.69, 9.17) is 0 Å². The Morgan fingerprint density at radius 3 is 1.56 bits per heavy atom. The topological polar surface area (TPSA) is 0 Å². The summed E-state index contributed by atoms with van der Waals surface area (Å²) >= 11 is 0. The molecule has 0 aliphatic rings. The summed E-state index contributed by atoms with van der Waals surface area (Å²) in [6.45, 7) is 1.75. The molecule has 0 fully saturated rings. The summed E-state index contributed by atoms with van der Waals surface area (Å²) < 4.78 is 12.4. The second kappa shape index (κ2) is 4.93. The molecule has 82 valence electrons. The van der Waals surface area contributed by atoms with E-state index in [0.717, 1.165) is 17.5 Å². The fourth-order valence-corrected chi connectivity index (χ4v) is 1.72. The van der Waals surface area contributed by atoms with E-state index in [-0.39, 0.29) is 0 Å². The molecule has 0 spiro atoms. The predicted octanol–water partition coefficient (Wildman–Crippen LogP) is 4.39. The number of alkyl halides is 1. The number of hydrogen-bond donors (Lipinski definition) is 0. The first-order valence-corrected chi connectivity index (χ1v) is 5.57. The maximum absolute atomic E-state index is 12.4. The fourth-order valence-electron chi connectivity index (χ4n) is 1.72. The lowest BCUT2D eigenvalue weighted by molar-refractivity contribution is 0.485. The number of aryl methyl sites for hydroxylation is 1. The number of rotatable bonds is 3. The highest BCUT2D eigenvalue weighted by molar-refractivity contribution is 5.63. The molecule has 0 unspecified atom stereocenters. The molecule has 0 bridgehead atoms. The van der Waals surface area contributed by atoms with Crippen molar-refractivity contribution in [2.45, 2.75) is 20.0 Å². The van der Waals surface area contributed by atoms with Gasteiger partial charge in [0.25, 0.3) is 0 Å². The number of benzene rings is 2. The van der Waals surface area contributed by atoms with Gasteiger partial charge >= 0.3 is 0 Å². The molecule has 0 N–H and O–H groups in total.